The summed E-state index contributed by atoms with van der Waals surface area (Å²) in [5.41, 5.74) is 2.08. The lowest BCUT2D eigenvalue weighted by Gasteiger charge is -2.25. The van der Waals surface area contributed by atoms with E-state index in [4.69, 9.17) is 14.2 Å². The van der Waals surface area contributed by atoms with Crippen LogP contribution < -0.4 is 0 Å². The van der Waals surface area contributed by atoms with Crippen LogP contribution in [0.25, 0.3) is 0 Å². The first-order chi connectivity index (χ1) is 12.1. The second kappa shape index (κ2) is 9.19. The standard InChI is InChI=1S/C18H25N3O4/c1-14-19-10-16(21(14)11-15-8-6-5-7-9-15)12-20(18(22)25-4)13-17(23-2)24-3/h5-10,17H,11-13H2,1-4H3. The summed E-state index contributed by atoms with van der Waals surface area (Å²) in [6.45, 7) is 3.25. The number of amides is 1. The maximum absolute atomic E-state index is 12.1. The van der Waals surface area contributed by atoms with Gasteiger partial charge < -0.3 is 18.8 Å². The van der Waals surface area contributed by atoms with Gasteiger partial charge in [0.05, 0.1) is 32.1 Å². The number of aryl methyl sites for hydroxylation is 1. The van der Waals surface area contributed by atoms with Gasteiger partial charge in [0, 0.05) is 20.8 Å². The minimum atomic E-state index is -0.523. The molecule has 0 aliphatic heterocycles. The van der Waals surface area contributed by atoms with E-state index >= 15 is 0 Å². The topological polar surface area (TPSA) is 65.8 Å². The van der Waals surface area contributed by atoms with Crippen LogP contribution >= 0.6 is 0 Å². The van der Waals surface area contributed by atoms with Crippen molar-refractivity contribution >= 4 is 6.09 Å². The fraction of sp³-hybridized carbons (Fsp3) is 0.444. The van der Waals surface area contributed by atoms with E-state index in [1.807, 2.05) is 25.1 Å². The molecule has 0 aliphatic rings. The van der Waals surface area contributed by atoms with Gasteiger partial charge in [-0.2, -0.15) is 0 Å². The predicted molar refractivity (Wildman–Crippen MR) is 93.1 cm³/mol. The summed E-state index contributed by atoms with van der Waals surface area (Å²) < 4.78 is 17.4. The monoisotopic (exact) mass is 347 g/mol. The summed E-state index contributed by atoms with van der Waals surface area (Å²) in [6.07, 6.45) is 0.818. The molecule has 0 fully saturated rings. The third kappa shape index (κ3) is 5.04. The summed E-state index contributed by atoms with van der Waals surface area (Å²) in [6, 6.07) is 10.1. The van der Waals surface area contributed by atoms with Gasteiger partial charge in [-0.1, -0.05) is 30.3 Å². The molecular formula is C18H25N3O4. The molecular weight excluding hydrogens is 322 g/mol. The van der Waals surface area contributed by atoms with Crippen LogP contribution in [0.4, 0.5) is 4.79 Å². The molecule has 7 nitrogen and oxygen atoms in total. The maximum Gasteiger partial charge on any atom is 0.410 e. The Labute approximate surface area is 148 Å². The Hall–Kier alpha value is -2.38. The van der Waals surface area contributed by atoms with Gasteiger partial charge in [0.15, 0.2) is 6.29 Å². The predicted octanol–water partition coefficient (Wildman–Crippen LogP) is 2.43. The smallest absolute Gasteiger partial charge is 0.410 e. The van der Waals surface area contributed by atoms with Crippen LogP contribution in [0, 0.1) is 6.92 Å². The highest BCUT2D eigenvalue weighted by Gasteiger charge is 2.21. The van der Waals surface area contributed by atoms with E-state index in [-0.39, 0.29) is 6.54 Å². The largest absolute Gasteiger partial charge is 0.453 e. The van der Waals surface area contributed by atoms with Crippen LogP contribution in [-0.4, -0.2) is 54.7 Å². The minimum absolute atomic E-state index is 0.259. The first kappa shape index (κ1) is 19.0. The highest BCUT2D eigenvalue weighted by molar-refractivity contribution is 5.67. The van der Waals surface area contributed by atoms with Crippen molar-refractivity contribution in [2.45, 2.75) is 26.3 Å². The van der Waals surface area contributed by atoms with E-state index in [0.29, 0.717) is 13.1 Å². The molecule has 0 bridgehead atoms. The van der Waals surface area contributed by atoms with E-state index in [1.54, 1.807) is 6.20 Å². The Morgan fingerprint density at radius 2 is 1.88 bits per heavy atom. The van der Waals surface area contributed by atoms with Crippen molar-refractivity contribution < 1.29 is 19.0 Å². The number of benzene rings is 1. The fourth-order valence-corrected chi connectivity index (χ4v) is 2.58. The molecule has 0 unspecified atom stereocenters. The molecule has 0 saturated carbocycles. The molecule has 2 aromatic rings. The third-order valence-electron chi connectivity index (χ3n) is 4.00. The summed E-state index contributed by atoms with van der Waals surface area (Å²) in [4.78, 5) is 18.1. The van der Waals surface area contributed by atoms with Crippen LogP contribution in [0.15, 0.2) is 36.5 Å². The average Bonchev–Trinajstić information content (AvgIpc) is 2.98. The van der Waals surface area contributed by atoms with Gasteiger partial charge in [-0.3, -0.25) is 4.90 Å². The molecule has 136 valence electrons. The normalized spacial score (nSPS) is 10.9. The molecule has 0 spiro atoms. The van der Waals surface area contributed by atoms with E-state index in [1.165, 1.54) is 31.8 Å². The number of aromatic nitrogens is 2. The summed E-state index contributed by atoms with van der Waals surface area (Å²) in [5, 5.41) is 0. The molecule has 0 radical (unpaired) electrons. The quantitative estimate of drug-likeness (QED) is 0.686. The molecule has 1 aromatic carbocycles. The minimum Gasteiger partial charge on any atom is -0.453 e. The lowest BCUT2D eigenvalue weighted by Crippen LogP contribution is -2.39. The molecule has 0 aliphatic carbocycles. The molecule has 0 atom stereocenters. The number of hydrogen-bond acceptors (Lipinski definition) is 5. The summed E-state index contributed by atoms with van der Waals surface area (Å²) >= 11 is 0. The van der Waals surface area contributed by atoms with E-state index < -0.39 is 12.4 Å². The summed E-state index contributed by atoms with van der Waals surface area (Å²) in [7, 11) is 4.43. The zero-order chi connectivity index (χ0) is 18.2. The number of ether oxygens (including phenoxy) is 3. The first-order valence-electron chi connectivity index (χ1n) is 8.02. The van der Waals surface area contributed by atoms with Crippen LogP contribution in [0.3, 0.4) is 0 Å². The second-order valence-corrected chi connectivity index (χ2v) is 5.62. The lowest BCUT2D eigenvalue weighted by atomic mass is 10.2. The van der Waals surface area contributed by atoms with Gasteiger partial charge in [0.2, 0.25) is 0 Å². The van der Waals surface area contributed by atoms with Crippen LogP contribution in [0.5, 0.6) is 0 Å². The number of rotatable bonds is 8. The Kier molecular flexibility index (Phi) is 6.97. The van der Waals surface area contributed by atoms with Crippen LogP contribution in [0.2, 0.25) is 0 Å². The number of carbonyl (C=O) groups excluding carboxylic acids is 1. The summed E-state index contributed by atoms with van der Waals surface area (Å²) in [5.74, 6) is 0.888. The Bertz CT molecular complexity index is 668. The molecule has 25 heavy (non-hydrogen) atoms. The SMILES string of the molecule is COC(=O)N(Cc1cnc(C)n1Cc1ccccc1)CC(OC)OC. The lowest BCUT2D eigenvalue weighted by molar-refractivity contribution is -0.114. The van der Waals surface area contributed by atoms with Crippen molar-refractivity contribution in [1.82, 2.24) is 14.5 Å². The van der Waals surface area contributed by atoms with Crippen LogP contribution in [-0.2, 0) is 27.3 Å². The molecule has 0 N–H and O–H groups in total. The van der Waals surface area contributed by atoms with Gasteiger partial charge in [-0.15, -0.1) is 0 Å². The number of nitrogens with zero attached hydrogens (tertiary/aromatic N) is 3. The van der Waals surface area contributed by atoms with Gasteiger partial charge in [-0.25, -0.2) is 9.78 Å². The molecule has 0 saturated heterocycles. The second-order valence-electron chi connectivity index (χ2n) is 5.62. The molecule has 1 heterocycles. The van der Waals surface area contributed by atoms with Gasteiger partial charge in [0.25, 0.3) is 0 Å². The number of hydrogen-bond donors (Lipinski definition) is 0. The van der Waals surface area contributed by atoms with E-state index in [2.05, 4.69) is 21.7 Å². The Morgan fingerprint density at radius 3 is 2.48 bits per heavy atom. The van der Waals surface area contributed by atoms with Crippen LogP contribution in [0.1, 0.15) is 17.1 Å². The van der Waals surface area contributed by atoms with E-state index in [0.717, 1.165) is 11.5 Å². The molecule has 2 rings (SSSR count). The zero-order valence-corrected chi connectivity index (χ0v) is 15.1. The number of methoxy groups -OCH3 is 3. The third-order valence-corrected chi connectivity index (χ3v) is 4.00. The number of imidazole rings is 1. The average molecular weight is 347 g/mol. The van der Waals surface area contributed by atoms with Gasteiger partial charge in [0.1, 0.15) is 5.82 Å². The van der Waals surface area contributed by atoms with E-state index in [9.17, 15) is 4.79 Å². The van der Waals surface area contributed by atoms with Crippen molar-refractivity contribution in [3.63, 3.8) is 0 Å². The highest BCUT2D eigenvalue weighted by Crippen LogP contribution is 2.13. The van der Waals surface area contributed by atoms with Gasteiger partial charge >= 0.3 is 6.09 Å². The van der Waals surface area contributed by atoms with Crippen molar-refractivity contribution in [2.24, 2.45) is 0 Å². The van der Waals surface area contributed by atoms with Gasteiger partial charge in [-0.05, 0) is 12.5 Å². The maximum atomic E-state index is 12.1. The Morgan fingerprint density at radius 1 is 1.20 bits per heavy atom. The Balaban J connectivity index is 2.20. The van der Waals surface area contributed by atoms with Crippen molar-refractivity contribution in [1.29, 1.82) is 0 Å². The van der Waals surface area contributed by atoms with Crippen molar-refractivity contribution in [2.75, 3.05) is 27.9 Å². The van der Waals surface area contributed by atoms with Crippen molar-refractivity contribution in [3.05, 3.63) is 53.6 Å². The highest BCUT2D eigenvalue weighted by atomic mass is 16.7. The first-order valence-corrected chi connectivity index (χ1v) is 8.02. The van der Waals surface area contributed by atoms with Crippen molar-refractivity contribution in [3.8, 4) is 0 Å². The molecule has 1 aromatic heterocycles. The molecule has 7 heteroatoms. The number of carbonyl (C=O) groups is 1. The molecule has 1 amide bonds. The zero-order valence-electron chi connectivity index (χ0n) is 15.1. The fourth-order valence-electron chi connectivity index (χ4n) is 2.58.